The number of hydrogen-bond acceptors (Lipinski definition) is 4. The summed E-state index contributed by atoms with van der Waals surface area (Å²) in [5.74, 6) is 0. The van der Waals surface area contributed by atoms with Crippen LogP contribution in [0.4, 0.5) is 57.8 Å². The molecule has 0 aromatic rings. The van der Waals surface area contributed by atoms with Crippen LogP contribution < -0.4 is 0 Å². The summed E-state index contributed by atoms with van der Waals surface area (Å²) < 4.78 is 228. The van der Waals surface area contributed by atoms with Gasteiger partial charge in [-0.3, -0.25) is 0 Å². The van der Waals surface area contributed by atoms with Crippen molar-refractivity contribution in [2.24, 2.45) is 0 Å². The molecule has 0 aliphatic carbocycles. The molecule has 31 heavy (non-hydrogen) atoms. The van der Waals surface area contributed by atoms with Crippen LogP contribution >= 0.6 is 0 Å². The third-order valence-electron chi connectivity index (χ3n) is 0. The van der Waals surface area contributed by atoms with Gasteiger partial charge in [-0.1, -0.05) is 0 Å². The van der Waals surface area contributed by atoms with Crippen LogP contribution in [0.1, 0.15) is 0 Å². The Labute approximate surface area is 207 Å². The van der Waals surface area contributed by atoms with E-state index in [0.29, 0.717) is 0 Å². The van der Waals surface area contributed by atoms with Gasteiger partial charge in [-0.05, 0) is 0 Å². The minimum atomic E-state index is -10.7. The average Bonchev–Trinajstić information content (AvgIpc) is 1.39. The molecule has 214 valence electrons. The van der Waals surface area contributed by atoms with E-state index in [1.165, 1.54) is 0 Å². The normalized spacial score (nSPS) is 20.9. The molecule has 4 N–H and O–H groups in total. The molecule has 0 bridgehead atoms. The molecule has 0 spiro atoms. The van der Waals surface area contributed by atoms with Crippen LogP contribution in [-0.4, -0.2) is 88.6 Å². The zero-order valence-electron chi connectivity index (χ0n) is 12.3. The molecule has 0 unspecified atom stereocenters. The van der Waals surface area contributed by atoms with Crippen molar-refractivity contribution in [3.8, 4) is 0 Å². The molecule has 0 heterocycles. The Morgan fingerprint density at radius 2 is 0.258 bits per heavy atom. The molecule has 0 aromatic carbocycles. The first-order valence-corrected chi connectivity index (χ1v) is 25.6. The van der Waals surface area contributed by atoms with E-state index in [2.05, 4.69) is 0 Å². The molecule has 0 aliphatic heterocycles. The minimum absolute atomic E-state index is 0. The van der Waals surface area contributed by atoms with Gasteiger partial charge in [0.1, 0.15) is 0 Å². The Balaban J connectivity index is -0.0000000480. The van der Waals surface area contributed by atoms with Crippen LogP contribution in [0.15, 0.2) is 0 Å². The molecule has 0 aliphatic rings. The second-order valence-corrected chi connectivity index (χ2v) is 24.9. The second kappa shape index (κ2) is 8.88. The summed E-state index contributed by atoms with van der Waals surface area (Å²) in [6.07, 6.45) is 0. The molecule has 0 aromatic heterocycles. The summed E-state index contributed by atoms with van der Waals surface area (Å²) in [4.78, 5) is 0. The maximum atomic E-state index is 10.1. The smallest absolute Gasteiger partial charge is 0 e. The number of rotatable bonds is 0. The molecule has 31 heteroatoms. The summed E-state index contributed by atoms with van der Waals surface area (Å²) in [5.41, 5.74) is 0. The summed E-state index contributed by atoms with van der Waals surface area (Å²) in [7, 11) is 0. The van der Waals surface area contributed by atoms with Crippen LogP contribution in [-0.2, 0) is 64.2 Å². The van der Waals surface area contributed by atoms with Crippen LogP contribution in [0.3, 0.4) is 0 Å². The standard InChI is InChI=1S/2Ag.4F5HOTe.Zn/c;;4*1-7(2,3,4,5)6;/h;;4*6H;/q2*+1;;;;;. The summed E-state index contributed by atoms with van der Waals surface area (Å²) >= 11 is -42.7. The van der Waals surface area contributed by atoms with Crippen LogP contribution in [0.5, 0.6) is 0 Å². The topological polar surface area (TPSA) is 80.9 Å². The molecule has 0 rings (SSSR count). The van der Waals surface area contributed by atoms with Gasteiger partial charge in [0, 0.05) is 19.5 Å². The molecule has 0 saturated heterocycles. The van der Waals surface area contributed by atoms with Crippen molar-refractivity contribution < 1.29 is 136 Å². The average molecular weight is 1240 g/mol. The van der Waals surface area contributed by atoms with Crippen molar-refractivity contribution in [1.82, 2.24) is 0 Å². The first kappa shape index (κ1) is 51.4. The maximum absolute atomic E-state index is 10.7. The first-order chi connectivity index (χ1) is 9.80. The van der Waals surface area contributed by atoms with Gasteiger partial charge in [-0.25, -0.2) is 0 Å². The van der Waals surface area contributed by atoms with E-state index in [1.54, 1.807) is 0 Å². The van der Waals surface area contributed by atoms with Gasteiger partial charge >= 0.3 is 191 Å². The molecule has 4 nitrogen and oxygen atoms in total. The van der Waals surface area contributed by atoms with Crippen LogP contribution in [0, 0.1) is 0 Å². The van der Waals surface area contributed by atoms with Crippen molar-refractivity contribution in [3.05, 3.63) is 0 Å². The van der Waals surface area contributed by atoms with Gasteiger partial charge in [-0.15, -0.1) is 0 Å². The summed E-state index contributed by atoms with van der Waals surface area (Å²) in [6, 6.07) is 0. The van der Waals surface area contributed by atoms with Gasteiger partial charge < -0.3 is 0 Å². The van der Waals surface area contributed by atoms with Crippen molar-refractivity contribution >= 4 is 74.8 Å². The molecule has 0 amide bonds. The van der Waals surface area contributed by atoms with E-state index in [-0.39, 0.29) is 64.2 Å². The second-order valence-electron chi connectivity index (χ2n) is 3.71. The number of halogens is 20. The van der Waals surface area contributed by atoms with Gasteiger partial charge in [0.15, 0.2) is 0 Å². The Morgan fingerprint density at radius 3 is 0.258 bits per heavy atom. The zero-order chi connectivity index (χ0) is 25.6. The molecule has 0 atom stereocenters. The SMILES string of the molecule is O[Te](F)(F)(F)(F)F.O[Te](F)(F)(F)(F)F.O[Te](F)(F)(F)(F)F.O[Te](F)(F)(F)(F)F.[Ag+].[Ag+].[Zn]. The largest absolute Gasteiger partial charge is 1.00 e. The van der Waals surface area contributed by atoms with E-state index in [9.17, 15) is 57.8 Å². The first-order valence-electron chi connectivity index (χ1n) is 3.82. The third kappa shape index (κ3) is 2470. The van der Waals surface area contributed by atoms with Crippen molar-refractivity contribution in [2.45, 2.75) is 0 Å². The van der Waals surface area contributed by atoms with E-state index >= 15 is 0 Å². The van der Waals surface area contributed by atoms with Gasteiger partial charge in [0.05, 0.1) is 0 Å². The van der Waals surface area contributed by atoms with Crippen molar-refractivity contribution in [1.29, 1.82) is 0 Å². The summed E-state index contributed by atoms with van der Waals surface area (Å²) in [6.45, 7) is 0. The van der Waals surface area contributed by atoms with Gasteiger partial charge in [-0.2, -0.15) is 0 Å². The maximum Gasteiger partial charge on any atom is 1.00 e. The van der Waals surface area contributed by atoms with Gasteiger partial charge in [0.25, 0.3) is 0 Å². The molecule has 0 saturated carbocycles. The Hall–Kier alpha value is 3.70. The third-order valence-corrected chi connectivity index (χ3v) is 0. The Morgan fingerprint density at radius 1 is 0.258 bits per heavy atom. The Bertz CT molecular complexity index is 404. The fraction of sp³-hybridized carbons (Fsp3) is 0. The fourth-order valence-electron chi connectivity index (χ4n) is 0. The van der Waals surface area contributed by atoms with E-state index < -0.39 is 74.8 Å². The van der Waals surface area contributed by atoms with E-state index in [4.69, 9.17) is 13.9 Å². The molecule has 0 fully saturated rings. The van der Waals surface area contributed by atoms with E-state index in [0.717, 1.165) is 0 Å². The molecular weight excluding hydrogens is 1240 g/mol. The predicted molar refractivity (Wildman–Crippen MR) is 54.1 cm³/mol. The van der Waals surface area contributed by atoms with Crippen LogP contribution in [0.2, 0.25) is 0 Å². The minimum Gasteiger partial charge on any atom is 0 e. The zero-order valence-corrected chi connectivity index (χ0v) is 27.5. The van der Waals surface area contributed by atoms with Crippen LogP contribution in [0.25, 0.3) is 0 Å². The van der Waals surface area contributed by atoms with Crippen molar-refractivity contribution in [2.75, 3.05) is 0 Å². The van der Waals surface area contributed by atoms with E-state index in [1.807, 2.05) is 0 Å². The monoisotopic (exact) mass is 1250 g/mol. The molecular formula is H4Ag2F20O4Te4Zn+2. The Kier molecular flexibility index (Phi) is 14.7. The van der Waals surface area contributed by atoms with Gasteiger partial charge in [0.2, 0.25) is 0 Å². The predicted octanol–water partition coefficient (Wildman–Crippen LogP) is 4.65. The summed E-state index contributed by atoms with van der Waals surface area (Å²) in [5, 5.41) is 0. The quantitative estimate of drug-likeness (QED) is 0.211. The van der Waals surface area contributed by atoms with Crippen molar-refractivity contribution in [3.63, 3.8) is 0 Å². The number of hydrogen-bond donors (Lipinski definition) is 4. The fourth-order valence-corrected chi connectivity index (χ4v) is 0. The molecule has 0 radical (unpaired) electrons.